The van der Waals surface area contributed by atoms with E-state index in [-0.39, 0.29) is 5.91 Å². The number of aromatic nitrogens is 2. The van der Waals surface area contributed by atoms with E-state index < -0.39 is 0 Å². The number of aryl methyl sites for hydroxylation is 3. The van der Waals surface area contributed by atoms with E-state index in [1.807, 2.05) is 45.0 Å². The van der Waals surface area contributed by atoms with E-state index in [0.717, 1.165) is 43.9 Å². The van der Waals surface area contributed by atoms with Gasteiger partial charge in [-0.2, -0.15) is 0 Å². The summed E-state index contributed by atoms with van der Waals surface area (Å²) < 4.78 is 0.928. The predicted octanol–water partition coefficient (Wildman–Crippen LogP) is 4.89. The van der Waals surface area contributed by atoms with E-state index in [4.69, 9.17) is 0 Å². The number of nitrogens with zero attached hydrogens (tertiary/aromatic N) is 2. The highest BCUT2D eigenvalue weighted by Crippen LogP contribution is 2.32. The van der Waals surface area contributed by atoms with Gasteiger partial charge in [-0.05, 0) is 37.6 Å². The van der Waals surface area contributed by atoms with Crippen LogP contribution in [0.2, 0.25) is 0 Å². The van der Waals surface area contributed by atoms with Crippen molar-refractivity contribution in [2.45, 2.75) is 27.2 Å². The number of amides is 1. The lowest BCUT2D eigenvalue weighted by molar-refractivity contribution is 0.103. The Morgan fingerprint density at radius 1 is 1.30 bits per heavy atom. The molecule has 0 aliphatic carbocycles. The molecule has 3 aromatic rings. The molecule has 0 atom stereocenters. The molecule has 23 heavy (non-hydrogen) atoms. The molecule has 0 spiro atoms. The number of benzene rings is 1. The minimum atomic E-state index is -0.110. The van der Waals surface area contributed by atoms with E-state index in [1.54, 1.807) is 0 Å². The van der Waals surface area contributed by atoms with Crippen molar-refractivity contribution in [1.82, 2.24) is 9.97 Å². The Morgan fingerprint density at radius 3 is 2.78 bits per heavy atom. The molecule has 2 aromatic heterocycles. The smallest absolute Gasteiger partial charge is 0.266 e. The molecule has 1 amide bonds. The van der Waals surface area contributed by atoms with E-state index in [9.17, 15) is 4.79 Å². The third-order valence-corrected chi connectivity index (χ3v) is 5.30. The molecule has 0 aliphatic rings. The van der Waals surface area contributed by atoms with Gasteiger partial charge in [-0.25, -0.2) is 9.97 Å². The third kappa shape index (κ3) is 3.14. The third-order valence-electron chi connectivity index (χ3n) is 3.62. The maximum Gasteiger partial charge on any atom is 0.266 e. The van der Waals surface area contributed by atoms with Crippen LogP contribution in [0.25, 0.3) is 10.2 Å². The Morgan fingerprint density at radius 2 is 2.09 bits per heavy atom. The van der Waals surface area contributed by atoms with Crippen LogP contribution >= 0.6 is 27.3 Å². The topological polar surface area (TPSA) is 54.9 Å². The molecule has 1 aromatic carbocycles. The molecule has 0 aliphatic heterocycles. The van der Waals surface area contributed by atoms with Crippen molar-refractivity contribution < 1.29 is 4.79 Å². The fourth-order valence-corrected chi connectivity index (χ4v) is 4.07. The van der Waals surface area contributed by atoms with Gasteiger partial charge in [-0.1, -0.05) is 28.9 Å². The first-order valence-corrected chi connectivity index (χ1v) is 8.94. The van der Waals surface area contributed by atoms with Crippen LogP contribution in [-0.4, -0.2) is 15.9 Å². The van der Waals surface area contributed by atoms with Crippen LogP contribution in [0.4, 0.5) is 5.69 Å². The largest absolute Gasteiger partial charge is 0.321 e. The fraction of sp³-hybridized carbons (Fsp3) is 0.235. The number of carbonyl (C=O) groups is 1. The molecule has 6 heteroatoms. The number of halogens is 1. The molecule has 4 nitrogen and oxygen atoms in total. The predicted molar refractivity (Wildman–Crippen MR) is 98.4 cm³/mol. The Bertz CT molecular complexity index is 904. The van der Waals surface area contributed by atoms with Gasteiger partial charge in [0, 0.05) is 27.7 Å². The second-order valence-electron chi connectivity index (χ2n) is 5.28. The summed E-state index contributed by atoms with van der Waals surface area (Å²) in [4.78, 5) is 23.3. The molecular weight excluding hydrogens is 374 g/mol. The highest BCUT2D eigenvalue weighted by molar-refractivity contribution is 9.10. The van der Waals surface area contributed by atoms with Gasteiger partial charge in [0.25, 0.3) is 5.91 Å². The molecule has 0 saturated carbocycles. The zero-order valence-electron chi connectivity index (χ0n) is 13.1. The Balaban J connectivity index is 2.01. The average molecular weight is 390 g/mol. The molecule has 0 fully saturated rings. The summed E-state index contributed by atoms with van der Waals surface area (Å²) in [5, 5.41) is 3.93. The molecule has 3 rings (SSSR count). The first-order valence-electron chi connectivity index (χ1n) is 7.33. The molecule has 0 bridgehead atoms. The van der Waals surface area contributed by atoms with E-state index >= 15 is 0 Å². The lowest BCUT2D eigenvalue weighted by Crippen LogP contribution is -2.11. The van der Waals surface area contributed by atoms with Crippen molar-refractivity contribution in [2.75, 3.05) is 5.32 Å². The summed E-state index contributed by atoms with van der Waals surface area (Å²) >= 11 is 4.83. The minimum absolute atomic E-state index is 0.110. The number of thiophene rings is 1. The highest BCUT2D eigenvalue weighted by Gasteiger charge is 2.19. The molecule has 0 unspecified atom stereocenters. The van der Waals surface area contributed by atoms with Crippen molar-refractivity contribution in [1.29, 1.82) is 0 Å². The number of anilines is 1. The van der Waals surface area contributed by atoms with Gasteiger partial charge in [0.2, 0.25) is 0 Å². The molecule has 0 radical (unpaired) electrons. The Labute approximate surface area is 147 Å². The molecule has 1 N–H and O–H groups in total. The number of hydrogen-bond donors (Lipinski definition) is 1. The van der Waals surface area contributed by atoms with Crippen molar-refractivity contribution in [3.8, 4) is 0 Å². The van der Waals surface area contributed by atoms with Gasteiger partial charge in [0.1, 0.15) is 10.7 Å². The highest BCUT2D eigenvalue weighted by atomic mass is 79.9. The SMILES string of the molecule is CCc1nc(C)c2c(C)c(C(=O)Nc3cccc(Br)c3)sc2n1. The monoisotopic (exact) mass is 389 g/mol. The molecule has 118 valence electrons. The van der Waals surface area contributed by atoms with Gasteiger partial charge in [0.15, 0.2) is 0 Å². The summed E-state index contributed by atoms with van der Waals surface area (Å²) in [6.45, 7) is 5.96. The van der Waals surface area contributed by atoms with Crippen LogP contribution in [-0.2, 0) is 6.42 Å². The van der Waals surface area contributed by atoms with Crippen LogP contribution in [0.3, 0.4) is 0 Å². The zero-order valence-corrected chi connectivity index (χ0v) is 15.5. The van der Waals surface area contributed by atoms with E-state index in [0.29, 0.717) is 4.88 Å². The summed E-state index contributed by atoms with van der Waals surface area (Å²) in [5.41, 5.74) is 2.64. The molecule has 2 heterocycles. The lowest BCUT2D eigenvalue weighted by atomic mass is 10.1. The number of carbonyl (C=O) groups excluding carboxylic acids is 1. The second kappa shape index (κ2) is 6.37. The maximum absolute atomic E-state index is 12.6. The van der Waals surface area contributed by atoms with E-state index in [2.05, 4.69) is 31.2 Å². The van der Waals surface area contributed by atoms with Crippen molar-refractivity contribution in [3.63, 3.8) is 0 Å². The fourth-order valence-electron chi connectivity index (χ4n) is 2.52. The number of fused-ring (bicyclic) bond motifs is 1. The Kier molecular flexibility index (Phi) is 4.46. The summed E-state index contributed by atoms with van der Waals surface area (Å²) in [5.74, 6) is 0.705. The Hall–Kier alpha value is -1.79. The number of rotatable bonds is 3. The summed E-state index contributed by atoms with van der Waals surface area (Å²) in [6.07, 6.45) is 0.785. The number of hydrogen-bond acceptors (Lipinski definition) is 4. The van der Waals surface area contributed by atoms with Crippen molar-refractivity contribution in [2.24, 2.45) is 0 Å². The van der Waals surface area contributed by atoms with Gasteiger partial charge >= 0.3 is 0 Å². The van der Waals surface area contributed by atoms with Crippen LogP contribution in [0.1, 0.15) is 33.7 Å². The van der Waals surface area contributed by atoms with Crippen LogP contribution in [0, 0.1) is 13.8 Å². The van der Waals surface area contributed by atoms with E-state index in [1.165, 1.54) is 11.3 Å². The minimum Gasteiger partial charge on any atom is -0.321 e. The first kappa shape index (κ1) is 16.1. The summed E-state index contributed by atoms with van der Waals surface area (Å²) in [7, 11) is 0. The van der Waals surface area contributed by atoms with Crippen LogP contribution in [0.5, 0.6) is 0 Å². The van der Waals surface area contributed by atoms with Gasteiger partial charge in [-0.3, -0.25) is 4.79 Å². The van der Waals surface area contributed by atoms with Crippen LogP contribution < -0.4 is 5.32 Å². The van der Waals surface area contributed by atoms with Gasteiger partial charge in [-0.15, -0.1) is 11.3 Å². The summed E-state index contributed by atoms with van der Waals surface area (Å²) in [6, 6.07) is 7.55. The lowest BCUT2D eigenvalue weighted by Gasteiger charge is -2.05. The van der Waals surface area contributed by atoms with Crippen LogP contribution in [0.15, 0.2) is 28.7 Å². The maximum atomic E-state index is 12.6. The molecule has 0 saturated heterocycles. The van der Waals surface area contributed by atoms with Crippen molar-refractivity contribution >= 4 is 49.1 Å². The average Bonchev–Trinajstić information content (AvgIpc) is 2.84. The van der Waals surface area contributed by atoms with Gasteiger partial charge < -0.3 is 5.32 Å². The second-order valence-corrected chi connectivity index (χ2v) is 7.19. The number of nitrogens with one attached hydrogen (secondary N) is 1. The quantitative estimate of drug-likeness (QED) is 0.693. The zero-order chi connectivity index (χ0) is 16.6. The van der Waals surface area contributed by atoms with Crippen molar-refractivity contribution in [3.05, 3.63) is 50.7 Å². The first-order chi connectivity index (χ1) is 11.0. The normalized spacial score (nSPS) is 11.0. The standard InChI is InChI=1S/C17H16BrN3OS/c1-4-13-19-10(3)14-9(2)15(23-17(14)21-13)16(22)20-12-7-5-6-11(18)8-12/h5-8H,4H2,1-3H3,(H,20,22). The molecular formula is C17H16BrN3OS. The van der Waals surface area contributed by atoms with Gasteiger partial charge in [0.05, 0.1) is 4.88 Å².